The molecule has 2 fully saturated rings. The number of aromatic nitrogens is 3. The number of pyridine rings is 1. The lowest BCUT2D eigenvalue weighted by molar-refractivity contribution is 0.0588. The van der Waals surface area contributed by atoms with Crippen molar-refractivity contribution in [1.82, 2.24) is 24.3 Å². The molecule has 31 heavy (non-hydrogen) atoms. The van der Waals surface area contributed by atoms with E-state index < -0.39 is 6.17 Å². The number of anilines is 1. The third-order valence-electron chi connectivity index (χ3n) is 6.67. The van der Waals surface area contributed by atoms with Crippen molar-refractivity contribution in [2.75, 3.05) is 31.9 Å². The molecule has 2 aromatic rings. The summed E-state index contributed by atoms with van der Waals surface area (Å²) < 4.78 is 15.4. The molecule has 9 heteroatoms. The van der Waals surface area contributed by atoms with Crippen LogP contribution in [0.2, 0.25) is 0 Å². The highest BCUT2D eigenvalue weighted by atomic mass is 19.1. The lowest BCUT2D eigenvalue weighted by atomic mass is 9.83. The summed E-state index contributed by atoms with van der Waals surface area (Å²) >= 11 is 0. The van der Waals surface area contributed by atoms with Crippen LogP contribution in [0.4, 0.5) is 10.3 Å². The summed E-state index contributed by atoms with van der Waals surface area (Å²) in [5.74, 6) is 0.280. The van der Waals surface area contributed by atoms with E-state index in [0.29, 0.717) is 57.1 Å². The van der Waals surface area contributed by atoms with E-state index >= 15 is 0 Å². The smallest absolute Gasteiger partial charge is 0.272 e. The number of amides is 1. The van der Waals surface area contributed by atoms with E-state index in [4.69, 9.17) is 5.73 Å². The van der Waals surface area contributed by atoms with E-state index in [0.717, 1.165) is 17.7 Å². The van der Waals surface area contributed by atoms with Gasteiger partial charge in [0, 0.05) is 62.1 Å². The Labute approximate surface area is 179 Å². The van der Waals surface area contributed by atoms with Crippen molar-refractivity contribution >= 4 is 11.9 Å². The SMILES string of the molecule is Cc1cc(C(=O)N2C[C@@H]3C[C@H](C2)c2ccc(CN4CC[C@H](F)C4)c(=O)n2C3)nc(N)n1. The van der Waals surface area contributed by atoms with E-state index in [1.54, 1.807) is 13.0 Å². The summed E-state index contributed by atoms with van der Waals surface area (Å²) in [6.07, 6.45) is 0.707. The number of nitrogens with zero attached hydrogens (tertiary/aromatic N) is 5. The number of rotatable bonds is 3. The molecule has 0 unspecified atom stereocenters. The molecule has 1 amide bonds. The van der Waals surface area contributed by atoms with Crippen LogP contribution < -0.4 is 11.3 Å². The number of nitrogen functional groups attached to an aromatic ring is 1. The Morgan fingerprint density at radius 3 is 2.81 bits per heavy atom. The van der Waals surface area contributed by atoms with E-state index in [9.17, 15) is 14.0 Å². The first kappa shape index (κ1) is 20.1. The van der Waals surface area contributed by atoms with Crippen LogP contribution in [-0.2, 0) is 13.1 Å². The lowest BCUT2D eigenvalue weighted by Crippen LogP contribution is -2.49. The number of alkyl halides is 1. The molecule has 164 valence electrons. The van der Waals surface area contributed by atoms with Gasteiger partial charge in [0.05, 0.1) is 0 Å². The van der Waals surface area contributed by atoms with Crippen molar-refractivity contribution in [3.8, 4) is 0 Å². The molecule has 5 heterocycles. The van der Waals surface area contributed by atoms with Crippen molar-refractivity contribution in [3.63, 3.8) is 0 Å². The van der Waals surface area contributed by atoms with Crippen LogP contribution in [-0.4, -0.2) is 62.6 Å². The third-order valence-corrected chi connectivity index (χ3v) is 6.67. The van der Waals surface area contributed by atoms with Gasteiger partial charge >= 0.3 is 0 Å². The van der Waals surface area contributed by atoms with Gasteiger partial charge in [-0.1, -0.05) is 6.07 Å². The van der Waals surface area contributed by atoms with E-state index in [-0.39, 0.29) is 29.3 Å². The summed E-state index contributed by atoms with van der Waals surface area (Å²) in [7, 11) is 0. The number of carbonyl (C=O) groups excluding carboxylic acids is 1. The highest BCUT2D eigenvalue weighted by molar-refractivity contribution is 5.92. The van der Waals surface area contributed by atoms with Gasteiger partial charge < -0.3 is 15.2 Å². The van der Waals surface area contributed by atoms with Crippen LogP contribution in [0.1, 0.15) is 46.2 Å². The molecule has 2 bridgehead atoms. The maximum atomic E-state index is 13.5. The standard InChI is InChI=1S/C22H27FN6O2/c1-13-6-18(26-22(24)25-13)21(31)28-8-14-7-16(11-28)19-3-2-15(20(30)29(19)9-14)10-27-5-4-17(23)12-27/h2-3,6,14,16-17H,4-5,7-12H2,1H3,(H2,24,25,26)/t14-,16+,17-/m0/s1. The maximum Gasteiger partial charge on any atom is 0.272 e. The van der Waals surface area contributed by atoms with Gasteiger partial charge in [0.25, 0.3) is 11.5 Å². The molecule has 5 rings (SSSR count). The number of aryl methyl sites for hydroxylation is 1. The van der Waals surface area contributed by atoms with Crippen molar-refractivity contribution < 1.29 is 9.18 Å². The van der Waals surface area contributed by atoms with Gasteiger partial charge in [0.15, 0.2) is 0 Å². The third kappa shape index (κ3) is 3.82. The molecule has 8 nitrogen and oxygen atoms in total. The molecule has 3 aliphatic rings. The Morgan fingerprint density at radius 1 is 1.23 bits per heavy atom. The second-order valence-corrected chi connectivity index (χ2v) is 9.08. The van der Waals surface area contributed by atoms with Gasteiger partial charge in [0.2, 0.25) is 5.95 Å². The van der Waals surface area contributed by atoms with Crippen molar-refractivity contribution in [1.29, 1.82) is 0 Å². The molecule has 3 atom stereocenters. The molecule has 0 aromatic carbocycles. The molecule has 0 saturated carbocycles. The Hall–Kier alpha value is -2.81. The van der Waals surface area contributed by atoms with Crippen molar-refractivity contribution in [2.45, 2.75) is 44.9 Å². The largest absolute Gasteiger partial charge is 0.368 e. The van der Waals surface area contributed by atoms with E-state index in [2.05, 4.69) is 9.97 Å². The molecule has 2 aromatic heterocycles. The zero-order valence-corrected chi connectivity index (χ0v) is 17.6. The zero-order valence-electron chi connectivity index (χ0n) is 17.6. The molecule has 3 aliphatic heterocycles. The second-order valence-electron chi connectivity index (χ2n) is 9.08. The topological polar surface area (TPSA) is 97.4 Å². The van der Waals surface area contributed by atoms with Crippen LogP contribution in [0.15, 0.2) is 23.0 Å². The summed E-state index contributed by atoms with van der Waals surface area (Å²) in [4.78, 5) is 38.2. The quantitative estimate of drug-likeness (QED) is 0.795. The monoisotopic (exact) mass is 426 g/mol. The maximum absolute atomic E-state index is 13.5. The fourth-order valence-electron chi connectivity index (χ4n) is 5.31. The normalized spacial score (nSPS) is 25.5. The van der Waals surface area contributed by atoms with Crippen LogP contribution >= 0.6 is 0 Å². The van der Waals surface area contributed by atoms with Gasteiger partial charge in [-0.25, -0.2) is 14.4 Å². The number of hydrogen-bond donors (Lipinski definition) is 1. The Morgan fingerprint density at radius 2 is 2.06 bits per heavy atom. The molecule has 0 spiro atoms. The fraction of sp³-hybridized carbons (Fsp3) is 0.545. The van der Waals surface area contributed by atoms with Gasteiger partial charge in [-0.15, -0.1) is 0 Å². The molecule has 2 N–H and O–H groups in total. The summed E-state index contributed by atoms with van der Waals surface area (Å²) in [6.45, 7) is 5.11. The predicted octanol–water partition coefficient (Wildman–Crippen LogP) is 1.33. The Kier molecular flexibility index (Phi) is 5.00. The number of piperidine rings is 1. The van der Waals surface area contributed by atoms with Gasteiger partial charge in [-0.3, -0.25) is 14.5 Å². The summed E-state index contributed by atoms with van der Waals surface area (Å²) in [5.41, 5.74) is 8.42. The number of carbonyl (C=O) groups is 1. The zero-order chi connectivity index (χ0) is 21.7. The van der Waals surface area contributed by atoms with Crippen LogP contribution in [0.3, 0.4) is 0 Å². The van der Waals surface area contributed by atoms with Crippen molar-refractivity contribution in [3.05, 3.63) is 51.2 Å². The second kappa shape index (κ2) is 7.71. The number of halogens is 1. The first-order chi connectivity index (χ1) is 14.9. The molecule has 0 radical (unpaired) electrons. The molecule has 0 aliphatic carbocycles. The lowest BCUT2D eigenvalue weighted by Gasteiger charge is -2.42. The fourth-order valence-corrected chi connectivity index (χ4v) is 5.31. The number of likely N-dealkylation sites (tertiary alicyclic amines) is 2. The van der Waals surface area contributed by atoms with Gasteiger partial charge in [0.1, 0.15) is 11.9 Å². The highest BCUT2D eigenvalue weighted by Gasteiger charge is 2.37. The molecule has 2 saturated heterocycles. The van der Waals surface area contributed by atoms with E-state index in [1.165, 1.54) is 0 Å². The minimum Gasteiger partial charge on any atom is -0.368 e. The predicted molar refractivity (Wildman–Crippen MR) is 113 cm³/mol. The number of hydrogen-bond acceptors (Lipinski definition) is 6. The molecular weight excluding hydrogens is 399 g/mol. The first-order valence-corrected chi connectivity index (χ1v) is 10.9. The first-order valence-electron chi connectivity index (χ1n) is 10.9. The van der Waals surface area contributed by atoms with Gasteiger partial charge in [-0.05, 0) is 37.8 Å². The van der Waals surface area contributed by atoms with Crippen LogP contribution in [0, 0.1) is 12.8 Å². The average Bonchev–Trinajstić information content (AvgIpc) is 3.13. The summed E-state index contributed by atoms with van der Waals surface area (Å²) in [6, 6.07) is 5.56. The number of nitrogens with two attached hydrogens (primary N) is 1. The number of fused-ring (bicyclic) bond motifs is 4. The van der Waals surface area contributed by atoms with Crippen LogP contribution in [0.5, 0.6) is 0 Å². The minimum absolute atomic E-state index is 0.0217. The summed E-state index contributed by atoms with van der Waals surface area (Å²) in [5, 5.41) is 0. The Balaban J connectivity index is 1.37. The van der Waals surface area contributed by atoms with Crippen molar-refractivity contribution in [2.24, 2.45) is 5.92 Å². The average molecular weight is 426 g/mol. The van der Waals surface area contributed by atoms with Crippen LogP contribution in [0.25, 0.3) is 0 Å². The minimum atomic E-state index is -0.794. The Bertz CT molecular complexity index is 1070. The van der Waals surface area contributed by atoms with E-state index in [1.807, 2.05) is 26.5 Å². The highest BCUT2D eigenvalue weighted by Crippen LogP contribution is 2.35. The van der Waals surface area contributed by atoms with Gasteiger partial charge in [-0.2, -0.15) is 0 Å². The molecular formula is C22H27FN6O2.